The number of alkyl halides is 6. The summed E-state index contributed by atoms with van der Waals surface area (Å²) in [4.78, 5) is 24.0. The molecule has 0 spiro atoms. The fourth-order valence-corrected chi connectivity index (χ4v) is 2.03. The lowest BCUT2D eigenvalue weighted by molar-refractivity contribution is -0.193. The van der Waals surface area contributed by atoms with E-state index in [1.54, 1.807) is 13.3 Å². The van der Waals surface area contributed by atoms with Gasteiger partial charge >= 0.3 is 24.3 Å². The molecular formula is C14H19F6N3O6. The number of methoxy groups -OCH3 is 1. The van der Waals surface area contributed by atoms with Gasteiger partial charge in [0.2, 0.25) is 0 Å². The van der Waals surface area contributed by atoms with Crippen LogP contribution >= 0.6 is 0 Å². The van der Waals surface area contributed by atoms with Crippen molar-refractivity contribution in [2.45, 2.75) is 24.3 Å². The Morgan fingerprint density at radius 1 is 1.21 bits per heavy atom. The highest BCUT2D eigenvalue weighted by Gasteiger charge is 2.39. The molecule has 1 aromatic rings. The third kappa shape index (κ3) is 10.7. The van der Waals surface area contributed by atoms with Crippen LogP contribution in [-0.2, 0) is 14.3 Å². The van der Waals surface area contributed by atoms with Crippen LogP contribution in [0.5, 0.6) is 0 Å². The van der Waals surface area contributed by atoms with E-state index < -0.39 is 24.3 Å². The quantitative estimate of drug-likeness (QED) is 0.593. The summed E-state index contributed by atoms with van der Waals surface area (Å²) >= 11 is 0. The van der Waals surface area contributed by atoms with Crippen molar-refractivity contribution in [3.63, 3.8) is 0 Å². The average Bonchev–Trinajstić information content (AvgIpc) is 3.21. The maximum Gasteiger partial charge on any atom is 0.490 e. The lowest BCUT2D eigenvalue weighted by Crippen LogP contribution is -2.30. The molecule has 168 valence electrons. The highest BCUT2D eigenvalue weighted by Crippen LogP contribution is 2.25. The molecule has 2 rings (SSSR count). The molecular weight excluding hydrogens is 420 g/mol. The molecule has 1 aromatic heterocycles. The van der Waals surface area contributed by atoms with E-state index in [9.17, 15) is 26.3 Å². The molecule has 1 saturated heterocycles. The lowest BCUT2D eigenvalue weighted by Gasteiger charge is -2.13. The van der Waals surface area contributed by atoms with Gasteiger partial charge in [-0.05, 0) is 0 Å². The van der Waals surface area contributed by atoms with Gasteiger partial charge in [-0.1, -0.05) is 0 Å². The molecule has 1 aliphatic rings. The number of aromatic nitrogens is 1. The van der Waals surface area contributed by atoms with Gasteiger partial charge in [0.25, 0.3) is 0 Å². The van der Waals surface area contributed by atoms with Gasteiger partial charge in [0.05, 0.1) is 12.8 Å². The van der Waals surface area contributed by atoms with E-state index in [2.05, 4.69) is 9.88 Å². The van der Waals surface area contributed by atoms with E-state index >= 15 is 0 Å². The summed E-state index contributed by atoms with van der Waals surface area (Å²) in [6.45, 7) is 3.50. The molecule has 0 radical (unpaired) electrons. The van der Waals surface area contributed by atoms with E-state index in [4.69, 9.17) is 34.7 Å². The summed E-state index contributed by atoms with van der Waals surface area (Å²) in [6.07, 6.45) is -6.95. The number of carboxylic acids is 2. The first-order chi connectivity index (χ1) is 13.2. The lowest BCUT2D eigenvalue weighted by atomic mass is 10.0. The van der Waals surface area contributed by atoms with Gasteiger partial charge in [-0.25, -0.2) is 14.6 Å². The molecule has 1 aliphatic heterocycles. The maximum atomic E-state index is 10.6. The summed E-state index contributed by atoms with van der Waals surface area (Å²) in [5.74, 6) is -4.35. The predicted molar refractivity (Wildman–Crippen MR) is 82.9 cm³/mol. The number of aliphatic carboxylic acids is 2. The van der Waals surface area contributed by atoms with Crippen LogP contribution in [0.1, 0.15) is 11.7 Å². The van der Waals surface area contributed by atoms with Crippen LogP contribution in [0.4, 0.5) is 26.3 Å². The minimum atomic E-state index is -5.08. The Labute approximate surface area is 160 Å². The molecule has 0 unspecified atom stereocenters. The molecule has 2 heterocycles. The number of hydrogen-bond acceptors (Lipinski definition) is 7. The van der Waals surface area contributed by atoms with E-state index in [1.807, 2.05) is 0 Å². The Morgan fingerprint density at radius 2 is 1.69 bits per heavy atom. The summed E-state index contributed by atoms with van der Waals surface area (Å²) in [5.41, 5.74) is 6.06. The molecule has 0 saturated carbocycles. The van der Waals surface area contributed by atoms with Crippen molar-refractivity contribution in [2.24, 2.45) is 5.73 Å². The minimum Gasteiger partial charge on any atom is -0.475 e. The molecule has 15 heteroatoms. The second-order valence-electron chi connectivity index (χ2n) is 5.53. The highest BCUT2D eigenvalue weighted by atomic mass is 19.4. The van der Waals surface area contributed by atoms with Crippen LogP contribution in [0.15, 0.2) is 17.0 Å². The monoisotopic (exact) mass is 439 g/mol. The first-order valence-electron chi connectivity index (χ1n) is 7.65. The standard InChI is InChI=1S/C10H17N3O2.2C2HF3O2/c1-14-3-2-13-5-8(9(11)6-13)10-4-12-7-15-10;2*3-2(4,5)1(6)7/h4,7-9H,2-3,5-6,11H2,1H3;2*(H,6,7)/t8-,9-;;/m0../s1. The van der Waals surface area contributed by atoms with Crippen LogP contribution in [0.25, 0.3) is 0 Å². The largest absolute Gasteiger partial charge is 0.490 e. The van der Waals surface area contributed by atoms with Crippen molar-refractivity contribution in [3.05, 3.63) is 18.4 Å². The molecule has 1 fully saturated rings. The van der Waals surface area contributed by atoms with Gasteiger partial charge in [-0.15, -0.1) is 0 Å². The van der Waals surface area contributed by atoms with Crippen molar-refractivity contribution in [1.29, 1.82) is 0 Å². The molecule has 2 atom stereocenters. The molecule has 0 bridgehead atoms. The number of carbonyl (C=O) groups is 2. The van der Waals surface area contributed by atoms with E-state index in [1.165, 1.54) is 6.39 Å². The number of likely N-dealkylation sites (tertiary alicyclic amines) is 1. The highest BCUT2D eigenvalue weighted by molar-refractivity contribution is 5.73. The first kappa shape index (κ1) is 26.6. The minimum absolute atomic E-state index is 0.134. The number of nitrogens with zero attached hydrogens (tertiary/aromatic N) is 2. The van der Waals surface area contributed by atoms with Crippen LogP contribution < -0.4 is 5.73 Å². The number of carboxylic acid groups (broad SMARTS) is 2. The Balaban J connectivity index is 0.000000473. The van der Waals surface area contributed by atoms with Crippen molar-refractivity contribution in [3.8, 4) is 0 Å². The molecule has 29 heavy (non-hydrogen) atoms. The van der Waals surface area contributed by atoms with E-state index in [-0.39, 0.29) is 12.0 Å². The van der Waals surface area contributed by atoms with Crippen LogP contribution in [0, 0.1) is 0 Å². The number of nitrogens with two attached hydrogens (primary N) is 1. The normalized spacial score (nSPS) is 19.6. The molecule has 0 amide bonds. The third-order valence-electron chi connectivity index (χ3n) is 3.35. The maximum absolute atomic E-state index is 10.6. The van der Waals surface area contributed by atoms with E-state index in [0.29, 0.717) is 0 Å². The zero-order chi connectivity index (χ0) is 22.8. The second kappa shape index (κ2) is 11.6. The number of hydrogen-bond donors (Lipinski definition) is 3. The third-order valence-corrected chi connectivity index (χ3v) is 3.35. The van der Waals surface area contributed by atoms with Gasteiger partial charge in [0, 0.05) is 38.7 Å². The van der Waals surface area contributed by atoms with Gasteiger partial charge in [-0.3, -0.25) is 4.90 Å². The fourth-order valence-electron chi connectivity index (χ4n) is 2.03. The molecule has 9 nitrogen and oxygen atoms in total. The smallest absolute Gasteiger partial charge is 0.475 e. The number of ether oxygens (including phenoxy) is 1. The van der Waals surface area contributed by atoms with Crippen LogP contribution in [-0.4, -0.2) is 83.8 Å². The topological polar surface area (TPSA) is 139 Å². The van der Waals surface area contributed by atoms with Gasteiger partial charge < -0.3 is 25.1 Å². The van der Waals surface area contributed by atoms with Gasteiger partial charge in [0.1, 0.15) is 5.76 Å². The number of oxazole rings is 1. The molecule has 0 aromatic carbocycles. The van der Waals surface area contributed by atoms with Crippen molar-refractivity contribution in [2.75, 3.05) is 33.4 Å². The summed E-state index contributed by atoms with van der Waals surface area (Å²) in [7, 11) is 1.71. The zero-order valence-electron chi connectivity index (χ0n) is 14.9. The Bertz CT molecular complexity index is 598. The Kier molecular flexibility index (Phi) is 10.6. The zero-order valence-corrected chi connectivity index (χ0v) is 14.9. The first-order valence-corrected chi connectivity index (χ1v) is 7.65. The van der Waals surface area contributed by atoms with Crippen LogP contribution in [0.2, 0.25) is 0 Å². The average molecular weight is 439 g/mol. The number of rotatable bonds is 4. The molecule has 0 aliphatic carbocycles. The van der Waals surface area contributed by atoms with Crippen LogP contribution in [0.3, 0.4) is 0 Å². The van der Waals surface area contributed by atoms with Crippen molar-refractivity contribution >= 4 is 11.9 Å². The summed E-state index contributed by atoms with van der Waals surface area (Å²) in [5, 5.41) is 14.2. The van der Waals surface area contributed by atoms with Crippen molar-refractivity contribution in [1.82, 2.24) is 9.88 Å². The van der Waals surface area contributed by atoms with Gasteiger partial charge in [-0.2, -0.15) is 26.3 Å². The van der Waals surface area contributed by atoms with E-state index in [0.717, 1.165) is 32.0 Å². The number of halogens is 6. The summed E-state index contributed by atoms with van der Waals surface area (Å²) < 4.78 is 73.8. The molecule has 4 N–H and O–H groups in total. The summed E-state index contributed by atoms with van der Waals surface area (Å²) in [6, 6.07) is 0.134. The Hall–Kier alpha value is -2.39. The van der Waals surface area contributed by atoms with Gasteiger partial charge in [0.15, 0.2) is 6.39 Å². The SMILES string of the molecule is COCCN1C[C@H](c2cnco2)[C@@H](N)C1.O=C(O)C(F)(F)F.O=C(O)C(F)(F)F. The fraction of sp³-hybridized carbons (Fsp3) is 0.643. The second-order valence-corrected chi connectivity index (χ2v) is 5.53. The Morgan fingerprint density at radius 3 is 2.03 bits per heavy atom. The predicted octanol–water partition coefficient (Wildman–Crippen LogP) is 1.31. The van der Waals surface area contributed by atoms with Crippen molar-refractivity contribution < 1.29 is 55.3 Å².